The van der Waals surface area contributed by atoms with Gasteiger partial charge in [-0.1, -0.05) is 12.1 Å². The Balaban J connectivity index is 1.68. The molecule has 1 aromatic carbocycles. The summed E-state index contributed by atoms with van der Waals surface area (Å²) in [5, 5.41) is 4.32. The first kappa shape index (κ1) is 17.2. The van der Waals surface area contributed by atoms with Gasteiger partial charge in [-0.15, -0.1) is 5.10 Å². The first-order valence-electron chi connectivity index (χ1n) is 7.54. The molecule has 0 aliphatic carbocycles. The van der Waals surface area contributed by atoms with E-state index in [-0.39, 0.29) is 28.1 Å². The predicted octanol–water partition coefficient (Wildman–Crippen LogP) is 2.34. The van der Waals surface area contributed by atoms with Gasteiger partial charge in [-0.25, -0.2) is 17.5 Å². The minimum atomic E-state index is -3.00. The third-order valence-corrected chi connectivity index (χ3v) is 5.98. The summed E-state index contributed by atoms with van der Waals surface area (Å²) in [5.41, 5.74) is 0.842. The number of nitrogens with zero attached hydrogens (tertiary/aromatic N) is 3. The van der Waals surface area contributed by atoms with Gasteiger partial charge in [0.05, 0.1) is 24.1 Å². The molecule has 1 fully saturated rings. The molecule has 1 aromatic heterocycles. The summed E-state index contributed by atoms with van der Waals surface area (Å²) in [6.07, 6.45) is 0.511. The van der Waals surface area contributed by atoms with Crippen molar-refractivity contribution in [3.8, 4) is 0 Å². The number of hydrogen-bond acceptors (Lipinski definition) is 6. The first-order chi connectivity index (χ1) is 11.3. The summed E-state index contributed by atoms with van der Waals surface area (Å²) in [5.74, 6) is 0.0867. The molecule has 6 nitrogen and oxygen atoms in total. The lowest BCUT2D eigenvalue weighted by atomic mass is 10.1. The van der Waals surface area contributed by atoms with Crippen LogP contribution in [0.5, 0.6) is 0 Å². The van der Waals surface area contributed by atoms with Gasteiger partial charge in [0.2, 0.25) is 5.89 Å². The van der Waals surface area contributed by atoms with Gasteiger partial charge in [-0.2, -0.15) is 0 Å². The summed E-state index contributed by atoms with van der Waals surface area (Å²) in [6, 6.07) is 6.39. The fourth-order valence-corrected chi connectivity index (χ4v) is 4.71. The van der Waals surface area contributed by atoms with Gasteiger partial charge in [0.25, 0.3) is 4.84 Å². The van der Waals surface area contributed by atoms with Crippen LogP contribution in [0.3, 0.4) is 0 Å². The Bertz CT molecular complexity index is 891. The molecule has 0 unspecified atom stereocenters. The molecule has 1 aliphatic rings. The SMILES string of the molecule is CN(Cc1cccc(F)c1)Cn1nc([C@@H]2CCS(=O)(=O)C2)oc1=S. The van der Waals surface area contributed by atoms with Crippen LogP contribution in [0.15, 0.2) is 28.7 Å². The second-order valence-corrected chi connectivity index (χ2v) is 8.67. The van der Waals surface area contributed by atoms with E-state index >= 15 is 0 Å². The summed E-state index contributed by atoms with van der Waals surface area (Å²) in [6.45, 7) is 0.901. The van der Waals surface area contributed by atoms with Gasteiger partial charge < -0.3 is 4.42 Å². The molecule has 2 heterocycles. The Morgan fingerprint density at radius 3 is 2.96 bits per heavy atom. The molecule has 1 atom stereocenters. The number of hydrogen-bond donors (Lipinski definition) is 0. The third kappa shape index (κ3) is 4.08. The Labute approximate surface area is 144 Å². The highest BCUT2D eigenvalue weighted by Gasteiger charge is 2.32. The van der Waals surface area contributed by atoms with Crippen LogP contribution in [0.4, 0.5) is 4.39 Å². The van der Waals surface area contributed by atoms with Crippen molar-refractivity contribution in [1.82, 2.24) is 14.7 Å². The molecule has 0 spiro atoms. The van der Waals surface area contributed by atoms with Crippen LogP contribution in [-0.4, -0.2) is 41.7 Å². The fraction of sp³-hybridized carbons (Fsp3) is 0.467. The van der Waals surface area contributed by atoms with Crippen LogP contribution in [0.1, 0.15) is 23.8 Å². The Kier molecular flexibility index (Phi) is 4.84. The van der Waals surface area contributed by atoms with Gasteiger partial charge in [0, 0.05) is 6.54 Å². The second kappa shape index (κ2) is 6.73. The van der Waals surface area contributed by atoms with Crippen LogP contribution >= 0.6 is 12.2 Å². The maximum absolute atomic E-state index is 13.2. The summed E-state index contributed by atoms with van der Waals surface area (Å²) >= 11 is 5.17. The highest BCUT2D eigenvalue weighted by atomic mass is 32.2. The van der Waals surface area contributed by atoms with E-state index in [0.717, 1.165) is 5.56 Å². The summed E-state index contributed by atoms with van der Waals surface area (Å²) in [7, 11) is -1.14. The Morgan fingerprint density at radius 1 is 1.50 bits per heavy atom. The Morgan fingerprint density at radius 2 is 2.29 bits per heavy atom. The molecule has 0 bridgehead atoms. The van der Waals surface area contributed by atoms with Crippen molar-refractivity contribution in [2.24, 2.45) is 0 Å². The van der Waals surface area contributed by atoms with E-state index in [9.17, 15) is 12.8 Å². The molecule has 3 rings (SSSR count). The monoisotopic (exact) mass is 371 g/mol. The van der Waals surface area contributed by atoms with E-state index in [0.29, 0.717) is 25.5 Å². The second-order valence-electron chi connectivity index (χ2n) is 6.09. The van der Waals surface area contributed by atoms with Crippen LogP contribution in [0.2, 0.25) is 0 Å². The molecular weight excluding hydrogens is 353 g/mol. The van der Waals surface area contributed by atoms with Gasteiger partial charge in [0.15, 0.2) is 9.84 Å². The minimum Gasteiger partial charge on any atom is -0.414 e. The number of halogens is 1. The van der Waals surface area contributed by atoms with Crippen molar-refractivity contribution >= 4 is 22.1 Å². The predicted molar refractivity (Wildman–Crippen MR) is 89.2 cm³/mol. The molecule has 130 valence electrons. The molecule has 9 heteroatoms. The van der Waals surface area contributed by atoms with Gasteiger partial charge >= 0.3 is 0 Å². The van der Waals surface area contributed by atoms with Crippen molar-refractivity contribution in [2.45, 2.75) is 25.6 Å². The molecule has 0 radical (unpaired) electrons. The smallest absolute Gasteiger partial charge is 0.288 e. The molecule has 0 amide bonds. The van der Waals surface area contributed by atoms with Crippen molar-refractivity contribution in [2.75, 3.05) is 18.6 Å². The largest absolute Gasteiger partial charge is 0.414 e. The van der Waals surface area contributed by atoms with Crippen LogP contribution in [0.25, 0.3) is 0 Å². The van der Waals surface area contributed by atoms with E-state index in [2.05, 4.69) is 5.10 Å². The van der Waals surface area contributed by atoms with E-state index in [1.165, 1.54) is 16.8 Å². The third-order valence-electron chi connectivity index (χ3n) is 3.92. The van der Waals surface area contributed by atoms with Crippen LogP contribution in [-0.2, 0) is 23.1 Å². The lowest BCUT2D eigenvalue weighted by Gasteiger charge is -2.16. The van der Waals surface area contributed by atoms with Gasteiger partial charge in [-0.3, -0.25) is 4.90 Å². The van der Waals surface area contributed by atoms with E-state index < -0.39 is 9.84 Å². The van der Waals surface area contributed by atoms with E-state index in [1.54, 1.807) is 6.07 Å². The summed E-state index contributed by atoms with van der Waals surface area (Å²) < 4.78 is 43.4. The van der Waals surface area contributed by atoms with Crippen molar-refractivity contribution in [1.29, 1.82) is 0 Å². The maximum atomic E-state index is 13.2. The zero-order valence-electron chi connectivity index (χ0n) is 13.2. The number of aromatic nitrogens is 2. The highest BCUT2D eigenvalue weighted by molar-refractivity contribution is 7.91. The van der Waals surface area contributed by atoms with Crippen LogP contribution in [0, 0.1) is 10.7 Å². The fourth-order valence-electron chi connectivity index (χ4n) is 2.79. The average molecular weight is 371 g/mol. The normalized spacial score (nSPS) is 19.9. The molecule has 24 heavy (non-hydrogen) atoms. The van der Waals surface area contributed by atoms with E-state index in [1.807, 2.05) is 18.0 Å². The van der Waals surface area contributed by atoms with E-state index in [4.69, 9.17) is 16.6 Å². The number of benzene rings is 1. The number of rotatable bonds is 5. The molecule has 0 saturated carbocycles. The topological polar surface area (TPSA) is 68.3 Å². The molecule has 0 N–H and O–H groups in total. The molecule has 1 aliphatic heterocycles. The van der Waals surface area contributed by atoms with Gasteiger partial charge in [-0.05, 0) is 43.4 Å². The number of sulfone groups is 1. The highest BCUT2D eigenvalue weighted by Crippen LogP contribution is 2.27. The van der Waals surface area contributed by atoms with Crippen molar-refractivity contribution in [3.05, 3.63) is 46.4 Å². The quantitative estimate of drug-likeness (QED) is 0.752. The lowest BCUT2D eigenvalue weighted by molar-refractivity contribution is 0.240. The maximum Gasteiger partial charge on any atom is 0.288 e. The standard InChI is InChI=1S/C15H18FN3O3S2/c1-18(8-11-3-2-4-13(16)7-11)10-19-15(23)22-14(17-19)12-5-6-24(20,21)9-12/h2-4,7,12H,5-6,8-10H2,1H3/t12-/m1/s1. The van der Waals surface area contributed by atoms with Crippen molar-refractivity contribution in [3.63, 3.8) is 0 Å². The summed E-state index contributed by atoms with van der Waals surface area (Å²) in [4.78, 5) is 2.13. The van der Waals surface area contributed by atoms with Crippen LogP contribution < -0.4 is 0 Å². The minimum absolute atomic E-state index is 0.0570. The van der Waals surface area contributed by atoms with Gasteiger partial charge in [0.1, 0.15) is 5.82 Å². The first-order valence-corrected chi connectivity index (χ1v) is 9.76. The van der Waals surface area contributed by atoms with Crippen molar-refractivity contribution < 1.29 is 17.2 Å². The zero-order chi connectivity index (χ0) is 17.3. The zero-order valence-corrected chi connectivity index (χ0v) is 14.8. The Hall–Kier alpha value is -1.58. The molecular formula is C15H18FN3O3S2. The molecule has 2 aromatic rings. The lowest BCUT2D eigenvalue weighted by Crippen LogP contribution is -2.22. The molecule has 1 saturated heterocycles. The average Bonchev–Trinajstić information content (AvgIpc) is 3.02.